The van der Waals surface area contributed by atoms with Crippen molar-refractivity contribution in [2.75, 3.05) is 21.3 Å². The number of fused-ring (bicyclic) bond motifs is 1. The van der Waals surface area contributed by atoms with E-state index in [1.54, 1.807) is 12.1 Å². The maximum absolute atomic E-state index is 9.44. The van der Waals surface area contributed by atoms with Gasteiger partial charge in [0.1, 0.15) is 0 Å². The molecule has 8 nitrogen and oxygen atoms in total. The number of hydrogen-bond acceptors (Lipinski definition) is 6. The third-order valence-electron chi connectivity index (χ3n) is 2.13. The Morgan fingerprint density at radius 1 is 1.32 bits per heavy atom. The van der Waals surface area contributed by atoms with Crippen molar-refractivity contribution >= 4 is 6.09 Å². The number of carboxylic acid groups (broad SMARTS) is 1. The number of hydrogen-bond donors (Lipinski definition) is 3. The smallest absolute Gasteiger partial charge is 0.504 e. The molecule has 1 aromatic carbocycles. The molecule has 3 N–H and O–H groups in total. The average Bonchev–Trinajstić information content (AvgIpc) is 2.80. The molecule has 0 radical (unpaired) electrons. The molecule has 1 heterocycles. The number of carbonyl (C=O) groups is 1. The quantitative estimate of drug-likeness (QED) is 0.689. The zero-order valence-corrected chi connectivity index (χ0v) is 10.7. The number of phenols is 1. The fourth-order valence-electron chi connectivity index (χ4n) is 1.22. The zero-order valence-electron chi connectivity index (χ0n) is 10.7. The lowest BCUT2D eigenvalue weighted by molar-refractivity contribution is -0.408. The van der Waals surface area contributed by atoms with E-state index in [9.17, 15) is 9.90 Å². The molecule has 8 heteroatoms. The Hall–Kier alpha value is -2.19. The molecule has 106 valence electrons. The number of phenolic OH excluding ortho intramolecular Hbond substituents is 1. The Bertz CT molecular complexity index is 445. The van der Waals surface area contributed by atoms with E-state index in [-0.39, 0.29) is 11.5 Å². The van der Waals surface area contributed by atoms with E-state index in [2.05, 4.69) is 0 Å². The molecule has 0 aromatic heterocycles. The van der Waals surface area contributed by atoms with E-state index in [0.717, 1.165) is 0 Å². The van der Waals surface area contributed by atoms with Crippen molar-refractivity contribution in [3.63, 3.8) is 0 Å². The number of amides is 1. The van der Waals surface area contributed by atoms with Gasteiger partial charge in [0.2, 0.25) is 5.75 Å². The monoisotopic (exact) mass is 273 g/mol. The predicted molar refractivity (Wildman–Crippen MR) is 63.2 cm³/mol. The van der Waals surface area contributed by atoms with Gasteiger partial charge < -0.3 is 25.0 Å². The van der Waals surface area contributed by atoms with Gasteiger partial charge in [-0.05, 0) is 12.1 Å². The topological polar surface area (TPSA) is 106 Å². The van der Waals surface area contributed by atoms with Gasteiger partial charge in [-0.15, -0.1) is 0 Å². The number of ether oxygens (including phenoxy) is 4. The Kier molecular flexibility index (Phi) is 4.79. The first kappa shape index (κ1) is 14.9. The van der Waals surface area contributed by atoms with E-state index in [1.807, 2.05) is 5.32 Å². The van der Waals surface area contributed by atoms with Gasteiger partial charge >= 0.3 is 12.3 Å². The summed E-state index contributed by atoms with van der Waals surface area (Å²) in [5, 5.41) is 19.0. The Balaban J connectivity index is 0.000000312. The minimum Gasteiger partial charge on any atom is -0.504 e. The summed E-state index contributed by atoms with van der Waals surface area (Å²) < 4.78 is 20.3. The predicted octanol–water partition coefficient (Wildman–Crippen LogP) is 0.951. The van der Waals surface area contributed by atoms with Gasteiger partial charge in [0.15, 0.2) is 11.5 Å². The molecule has 1 aliphatic rings. The molecule has 2 rings (SSSR count). The number of rotatable bonds is 2. The third-order valence-corrected chi connectivity index (χ3v) is 2.13. The molecule has 1 aliphatic heterocycles. The molecule has 0 saturated heterocycles. The molecule has 0 saturated carbocycles. The molecular formula is C11H15NO7. The highest BCUT2D eigenvalue weighted by atomic mass is 17.0. The fourth-order valence-corrected chi connectivity index (χ4v) is 1.22. The lowest BCUT2D eigenvalue weighted by Gasteiger charge is -2.21. The SMILES string of the molecule is CNC(=O)O.COC1(OC)Oc2cccc(O)c2O1. The van der Waals surface area contributed by atoms with Crippen LogP contribution < -0.4 is 14.8 Å². The van der Waals surface area contributed by atoms with Crippen LogP contribution in [-0.2, 0) is 9.47 Å². The Morgan fingerprint density at radius 3 is 2.32 bits per heavy atom. The molecular weight excluding hydrogens is 258 g/mol. The summed E-state index contributed by atoms with van der Waals surface area (Å²) in [5.41, 5.74) is 0. The van der Waals surface area contributed by atoms with Gasteiger partial charge in [0, 0.05) is 21.3 Å². The first-order valence-electron chi connectivity index (χ1n) is 5.19. The van der Waals surface area contributed by atoms with Gasteiger partial charge in [-0.25, -0.2) is 4.79 Å². The number of nitrogens with one attached hydrogen (secondary N) is 1. The summed E-state index contributed by atoms with van der Waals surface area (Å²) in [4.78, 5) is 9.26. The fraction of sp³-hybridized carbons (Fsp3) is 0.364. The maximum atomic E-state index is 9.44. The molecule has 1 amide bonds. The molecule has 0 fully saturated rings. The molecule has 0 aliphatic carbocycles. The van der Waals surface area contributed by atoms with E-state index >= 15 is 0 Å². The first-order chi connectivity index (χ1) is 8.98. The minimum atomic E-state index is -1.58. The second-order valence-corrected chi connectivity index (χ2v) is 3.27. The standard InChI is InChI=1S/C9H10O5.C2H5NO2/c1-11-9(12-2)13-7-5-3-4-6(10)8(7)14-9;1-3-2(4)5/h3-5,10H,1-2H3;3H,1H3,(H,4,5). The second kappa shape index (κ2) is 6.12. The third kappa shape index (κ3) is 3.39. The molecule has 1 aromatic rings. The van der Waals surface area contributed by atoms with Crippen molar-refractivity contribution in [1.29, 1.82) is 0 Å². The van der Waals surface area contributed by atoms with Crippen LogP contribution in [0.15, 0.2) is 18.2 Å². The van der Waals surface area contributed by atoms with Crippen LogP contribution in [0.25, 0.3) is 0 Å². The van der Waals surface area contributed by atoms with E-state index in [4.69, 9.17) is 24.1 Å². The van der Waals surface area contributed by atoms with E-state index in [1.165, 1.54) is 27.3 Å². The number of benzene rings is 1. The lowest BCUT2D eigenvalue weighted by Crippen LogP contribution is -2.42. The summed E-state index contributed by atoms with van der Waals surface area (Å²) in [6.45, 7) is 0. The minimum absolute atomic E-state index is 0.0153. The van der Waals surface area contributed by atoms with Crippen LogP contribution in [-0.4, -0.2) is 43.7 Å². The lowest BCUT2D eigenvalue weighted by atomic mass is 10.3. The van der Waals surface area contributed by atoms with Crippen molar-refractivity contribution in [1.82, 2.24) is 5.32 Å². The maximum Gasteiger partial charge on any atom is 0.509 e. The van der Waals surface area contributed by atoms with Crippen LogP contribution in [0.3, 0.4) is 0 Å². The van der Waals surface area contributed by atoms with Crippen LogP contribution >= 0.6 is 0 Å². The van der Waals surface area contributed by atoms with Crippen LogP contribution in [0.5, 0.6) is 17.2 Å². The van der Waals surface area contributed by atoms with E-state index in [0.29, 0.717) is 5.75 Å². The van der Waals surface area contributed by atoms with Gasteiger partial charge in [0.25, 0.3) is 0 Å². The largest absolute Gasteiger partial charge is 0.509 e. The van der Waals surface area contributed by atoms with Crippen molar-refractivity contribution in [3.8, 4) is 17.2 Å². The number of methoxy groups -OCH3 is 2. The number of aromatic hydroxyl groups is 1. The first-order valence-corrected chi connectivity index (χ1v) is 5.19. The molecule has 0 spiro atoms. The second-order valence-electron chi connectivity index (χ2n) is 3.27. The zero-order chi connectivity index (χ0) is 14.5. The summed E-state index contributed by atoms with van der Waals surface area (Å²) in [7, 11) is 4.11. The molecule has 19 heavy (non-hydrogen) atoms. The van der Waals surface area contributed by atoms with Gasteiger partial charge in [-0.2, -0.15) is 0 Å². The van der Waals surface area contributed by atoms with Gasteiger partial charge in [-0.1, -0.05) is 6.07 Å². The van der Waals surface area contributed by atoms with Gasteiger partial charge in [-0.3, -0.25) is 9.47 Å². The van der Waals surface area contributed by atoms with E-state index < -0.39 is 12.3 Å². The molecule has 0 unspecified atom stereocenters. The normalized spacial score (nSPS) is 14.3. The van der Waals surface area contributed by atoms with Crippen LogP contribution in [0.4, 0.5) is 4.79 Å². The van der Waals surface area contributed by atoms with Crippen LogP contribution in [0, 0.1) is 0 Å². The summed E-state index contributed by atoms with van der Waals surface area (Å²) in [6, 6.07) is 4.78. The van der Waals surface area contributed by atoms with Crippen molar-refractivity contribution in [2.45, 2.75) is 6.16 Å². The summed E-state index contributed by atoms with van der Waals surface area (Å²) >= 11 is 0. The van der Waals surface area contributed by atoms with Crippen LogP contribution in [0.2, 0.25) is 0 Å². The van der Waals surface area contributed by atoms with Crippen molar-refractivity contribution < 1.29 is 34.0 Å². The highest BCUT2D eigenvalue weighted by Gasteiger charge is 2.44. The van der Waals surface area contributed by atoms with Crippen LogP contribution in [0.1, 0.15) is 0 Å². The average molecular weight is 273 g/mol. The molecule has 0 atom stereocenters. The highest BCUT2D eigenvalue weighted by Crippen LogP contribution is 2.45. The highest BCUT2D eigenvalue weighted by molar-refractivity contribution is 5.63. The Morgan fingerprint density at radius 2 is 1.89 bits per heavy atom. The molecule has 0 bridgehead atoms. The van der Waals surface area contributed by atoms with Crippen molar-refractivity contribution in [3.05, 3.63) is 18.2 Å². The summed E-state index contributed by atoms with van der Waals surface area (Å²) in [6.07, 6.45) is -2.58. The Labute approximate surface area is 109 Å². The number of para-hydroxylation sites is 1. The summed E-state index contributed by atoms with van der Waals surface area (Å²) in [5.74, 6) is 0.586. The van der Waals surface area contributed by atoms with Crippen molar-refractivity contribution in [2.24, 2.45) is 0 Å². The van der Waals surface area contributed by atoms with Gasteiger partial charge in [0.05, 0.1) is 0 Å².